The van der Waals surface area contributed by atoms with E-state index in [9.17, 15) is 8.42 Å². The maximum atomic E-state index is 12.8. The van der Waals surface area contributed by atoms with Gasteiger partial charge in [0.05, 0.1) is 4.90 Å². The van der Waals surface area contributed by atoms with Gasteiger partial charge in [0.1, 0.15) is 0 Å². The van der Waals surface area contributed by atoms with E-state index >= 15 is 0 Å². The van der Waals surface area contributed by atoms with Crippen molar-refractivity contribution in [3.63, 3.8) is 0 Å². The Balaban J connectivity index is 1.53. The third kappa shape index (κ3) is 3.54. The quantitative estimate of drug-likeness (QED) is 0.766. The minimum Gasteiger partial charge on any atom is -0.339 e. The Morgan fingerprint density at radius 2 is 1.77 bits per heavy atom. The molecule has 1 aromatic heterocycles. The van der Waals surface area contributed by atoms with Crippen LogP contribution in [-0.2, 0) is 10.0 Å². The zero-order chi connectivity index (χ0) is 18.0. The SMILES string of the molecule is O=S(=O)(N[C@H]1CCCN(c2ncccn2)C1)c1ccc2ccccc2c1. The van der Waals surface area contributed by atoms with E-state index in [0.717, 1.165) is 30.2 Å². The third-order valence-electron chi connectivity index (χ3n) is 4.61. The van der Waals surface area contributed by atoms with E-state index in [1.807, 2.05) is 35.2 Å². The van der Waals surface area contributed by atoms with Crippen LogP contribution in [0, 0.1) is 0 Å². The fourth-order valence-electron chi connectivity index (χ4n) is 3.33. The first-order valence-corrected chi connectivity index (χ1v) is 10.1. The number of nitrogens with one attached hydrogen (secondary N) is 1. The van der Waals surface area contributed by atoms with Crippen LogP contribution in [0.4, 0.5) is 5.95 Å². The lowest BCUT2D eigenvalue weighted by atomic mass is 10.1. The summed E-state index contributed by atoms with van der Waals surface area (Å²) in [5, 5.41) is 1.94. The summed E-state index contributed by atoms with van der Waals surface area (Å²) in [6.45, 7) is 1.40. The van der Waals surface area contributed by atoms with Gasteiger partial charge in [-0.2, -0.15) is 0 Å². The molecule has 3 aromatic rings. The van der Waals surface area contributed by atoms with Gasteiger partial charge in [-0.05, 0) is 41.8 Å². The van der Waals surface area contributed by atoms with Crippen LogP contribution in [0.2, 0.25) is 0 Å². The largest absolute Gasteiger partial charge is 0.339 e. The van der Waals surface area contributed by atoms with Crippen molar-refractivity contribution >= 4 is 26.7 Å². The summed E-state index contributed by atoms with van der Waals surface area (Å²) in [5.41, 5.74) is 0. The summed E-state index contributed by atoms with van der Waals surface area (Å²) in [4.78, 5) is 10.8. The number of hydrogen-bond donors (Lipinski definition) is 1. The number of benzene rings is 2. The molecule has 0 amide bonds. The van der Waals surface area contributed by atoms with Gasteiger partial charge in [-0.25, -0.2) is 23.1 Å². The average Bonchev–Trinajstić information content (AvgIpc) is 2.68. The zero-order valence-electron chi connectivity index (χ0n) is 14.2. The molecule has 1 aliphatic heterocycles. The average molecular weight is 368 g/mol. The predicted octanol–water partition coefficient (Wildman–Crippen LogP) is 2.58. The second kappa shape index (κ2) is 7.01. The standard InChI is InChI=1S/C19H20N4O2S/c24-26(25,18-9-8-15-5-1-2-6-16(15)13-18)22-17-7-3-12-23(14-17)19-20-10-4-11-21-19/h1-2,4-6,8-11,13,17,22H,3,7,12,14H2/t17-/m0/s1. The van der Waals surface area contributed by atoms with Crippen molar-refractivity contribution in [3.05, 3.63) is 60.9 Å². The second-order valence-electron chi connectivity index (χ2n) is 6.46. The zero-order valence-corrected chi connectivity index (χ0v) is 15.1. The van der Waals surface area contributed by atoms with Gasteiger partial charge in [0.15, 0.2) is 0 Å². The molecule has 2 heterocycles. The third-order valence-corrected chi connectivity index (χ3v) is 6.13. The van der Waals surface area contributed by atoms with E-state index in [4.69, 9.17) is 0 Å². The number of nitrogens with zero attached hydrogens (tertiary/aromatic N) is 3. The normalized spacial score (nSPS) is 18.2. The van der Waals surface area contributed by atoms with Crippen molar-refractivity contribution in [1.82, 2.24) is 14.7 Å². The van der Waals surface area contributed by atoms with E-state index in [-0.39, 0.29) is 6.04 Å². The summed E-state index contributed by atoms with van der Waals surface area (Å²) in [6.07, 6.45) is 5.09. The first-order chi connectivity index (χ1) is 12.6. The number of fused-ring (bicyclic) bond motifs is 1. The fraction of sp³-hybridized carbons (Fsp3) is 0.263. The van der Waals surface area contributed by atoms with Crippen LogP contribution in [0.5, 0.6) is 0 Å². The first kappa shape index (κ1) is 16.9. The molecule has 1 aliphatic rings. The fourth-order valence-corrected chi connectivity index (χ4v) is 4.63. The Morgan fingerprint density at radius 1 is 1.00 bits per heavy atom. The molecule has 0 saturated carbocycles. The van der Waals surface area contributed by atoms with Crippen LogP contribution in [0.25, 0.3) is 10.8 Å². The summed E-state index contributed by atoms with van der Waals surface area (Å²) in [7, 11) is -3.57. The molecule has 0 radical (unpaired) electrons. The molecule has 134 valence electrons. The van der Waals surface area contributed by atoms with Crippen LogP contribution in [0.1, 0.15) is 12.8 Å². The van der Waals surface area contributed by atoms with Gasteiger partial charge >= 0.3 is 0 Å². The van der Waals surface area contributed by atoms with Crippen molar-refractivity contribution in [2.45, 2.75) is 23.8 Å². The molecule has 4 rings (SSSR count). The lowest BCUT2D eigenvalue weighted by Crippen LogP contribution is -2.48. The molecule has 1 atom stereocenters. The van der Waals surface area contributed by atoms with E-state index in [0.29, 0.717) is 17.4 Å². The van der Waals surface area contributed by atoms with Crippen LogP contribution in [0.3, 0.4) is 0 Å². The van der Waals surface area contributed by atoms with Crippen LogP contribution < -0.4 is 9.62 Å². The Labute approximate surface area is 152 Å². The predicted molar refractivity (Wildman–Crippen MR) is 102 cm³/mol. The highest BCUT2D eigenvalue weighted by atomic mass is 32.2. The van der Waals surface area contributed by atoms with Crippen LogP contribution in [-0.4, -0.2) is 37.5 Å². The van der Waals surface area contributed by atoms with Gasteiger partial charge < -0.3 is 4.90 Å². The number of aromatic nitrogens is 2. The van der Waals surface area contributed by atoms with E-state index in [1.54, 1.807) is 30.6 Å². The molecule has 1 fully saturated rings. The van der Waals surface area contributed by atoms with Crippen molar-refractivity contribution < 1.29 is 8.42 Å². The number of anilines is 1. The number of hydrogen-bond acceptors (Lipinski definition) is 5. The minimum atomic E-state index is -3.57. The summed E-state index contributed by atoms with van der Waals surface area (Å²) >= 11 is 0. The van der Waals surface area contributed by atoms with Gasteiger partial charge in [0.25, 0.3) is 0 Å². The molecule has 0 bridgehead atoms. The molecule has 26 heavy (non-hydrogen) atoms. The van der Waals surface area contributed by atoms with E-state index < -0.39 is 10.0 Å². The maximum Gasteiger partial charge on any atom is 0.240 e. The molecule has 7 heteroatoms. The Hall–Kier alpha value is -2.51. The Morgan fingerprint density at radius 3 is 2.58 bits per heavy atom. The molecule has 2 aromatic carbocycles. The van der Waals surface area contributed by atoms with Crippen molar-refractivity contribution in [3.8, 4) is 0 Å². The summed E-state index contributed by atoms with van der Waals surface area (Å²) in [5.74, 6) is 0.641. The molecular weight excluding hydrogens is 348 g/mol. The highest BCUT2D eigenvalue weighted by Gasteiger charge is 2.26. The Kier molecular flexibility index (Phi) is 4.57. The molecule has 6 nitrogen and oxygen atoms in total. The minimum absolute atomic E-state index is 0.163. The maximum absolute atomic E-state index is 12.8. The Bertz CT molecular complexity index is 1010. The smallest absolute Gasteiger partial charge is 0.240 e. The topological polar surface area (TPSA) is 75.2 Å². The van der Waals surface area contributed by atoms with Gasteiger partial charge in [-0.15, -0.1) is 0 Å². The molecule has 1 saturated heterocycles. The number of rotatable bonds is 4. The lowest BCUT2D eigenvalue weighted by molar-refractivity contribution is 0.461. The molecule has 0 spiro atoms. The second-order valence-corrected chi connectivity index (χ2v) is 8.18. The summed E-state index contributed by atoms with van der Waals surface area (Å²) < 4.78 is 28.5. The number of sulfonamides is 1. The highest BCUT2D eigenvalue weighted by molar-refractivity contribution is 7.89. The van der Waals surface area contributed by atoms with Gasteiger partial charge in [0, 0.05) is 31.5 Å². The van der Waals surface area contributed by atoms with Gasteiger partial charge in [0.2, 0.25) is 16.0 Å². The molecule has 1 N–H and O–H groups in total. The lowest BCUT2D eigenvalue weighted by Gasteiger charge is -2.32. The summed E-state index contributed by atoms with van der Waals surface area (Å²) in [6, 6.07) is 14.6. The van der Waals surface area contributed by atoms with Crippen molar-refractivity contribution in [1.29, 1.82) is 0 Å². The van der Waals surface area contributed by atoms with Crippen molar-refractivity contribution in [2.75, 3.05) is 18.0 Å². The van der Waals surface area contributed by atoms with E-state index in [1.165, 1.54) is 0 Å². The first-order valence-electron chi connectivity index (χ1n) is 8.65. The molecule has 0 aliphatic carbocycles. The van der Waals surface area contributed by atoms with Crippen molar-refractivity contribution in [2.24, 2.45) is 0 Å². The number of piperidine rings is 1. The van der Waals surface area contributed by atoms with Gasteiger partial charge in [-0.1, -0.05) is 30.3 Å². The van der Waals surface area contributed by atoms with Crippen LogP contribution >= 0.6 is 0 Å². The molecule has 0 unspecified atom stereocenters. The molecular formula is C19H20N4O2S. The van der Waals surface area contributed by atoms with E-state index in [2.05, 4.69) is 14.7 Å². The highest BCUT2D eigenvalue weighted by Crippen LogP contribution is 2.21. The van der Waals surface area contributed by atoms with Crippen LogP contribution in [0.15, 0.2) is 65.8 Å². The van der Waals surface area contributed by atoms with Gasteiger partial charge in [-0.3, -0.25) is 0 Å². The monoisotopic (exact) mass is 368 g/mol.